The first-order valence-electron chi connectivity index (χ1n) is 16.6. The van der Waals surface area contributed by atoms with Crippen LogP contribution in [0.4, 0.5) is 0 Å². The molecule has 0 aromatic heterocycles. The molecule has 0 N–H and O–H groups in total. The van der Waals surface area contributed by atoms with Crippen molar-refractivity contribution in [2.24, 2.45) is 11.8 Å². The van der Waals surface area contributed by atoms with E-state index in [1.165, 1.54) is 0 Å². The zero-order chi connectivity index (χ0) is 36.3. The van der Waals surface area contributed by atoms with Crippen molar-refractivity contribution in [2.45, 2.75) is 132 Å². The van der Waals surface area contributed by atoms with Gasteiger partial charge < -0.3 is 28.0 Å². The van der Waals surface area contributed by atoms with Gasteiger partial charge in [-0.3, -0.25) is 23.7 Å². The van der Waals surface area contributed by atoms with E-state index in [4.69, 9.17) is 28.0 Å². The lowest BCUT2D eigenvalue weighted by molar-refractivity contribution is -0.152. The monoisotopic (exact) mass is 690 g/mol. The SMILES string of the molecule is CCOC(=O)C1CCC(=CC(=O)OC(C)(C)C)CC1.CCOC(=O)C1CCC(=O)CC1.CCOP(=O)(CC(=O)OC(C)(C)C)OCC. The Balaban J connectivity index is 0.000000692. The molecule has 2 aliphatic carbocycles. The summed E-state index contributed by atoms with van der Waals surface area (Å²) in [6, 6.07) is 0. The Bertz CT molecular complexity index is 1050. The molecule has 0 spiro atoms. The maximum absolute atomic E-state index is 12.0. The molecule has 0 radical (unpaired) electrons. The summed E-state index contributed by atoms with van der Waals surface area (Å²) in [4.78, 5) is 56.7. The van der Waals surface area contributed by atoms with E-state index in [1.54, 1.807) is 47.6 Å². The Labute approximate surface area is 281 Å². The summed E-state index contributed by atoms with van der Waals surface area (Å²) >= 11 is 0. The van der Waals surface area contributed by atoms with Gasteiger partial charge in [0.25, 0.3) is 0 Å². The number of carbonyl (C=O) groups is 5. The van der Waals surface area contributed by atoms with Gasteiger partial charge in [-0.2, -0.15) is 0 Å². The van der Waals surface area contributed by atoms with E-state index in [2.05, 4.69) is 0 Å². The molecule has 0 amide bonds. The smallest absolute Gasteiger partial charge is 0.341 e. The van der Waals surface area contributed by atoms with Crippen molar-refractivity contribution >= 4 is 37.3 Å². The molecule has 2 rings (SSSR count). The molecule has 0 bridgehead atoms. The molecule has 13 heteroatoms. The predicted molar refractivity (Wildman–Crippen MR) is 178 cm³/mol. The van der Waals surface area contributed by atoms with E-state index in [1.807, 2.05) is 27.7 Å². The maximum atomic E-state index is 12.0. The van der Waals surface area contributed by atoms with Crippen molar-refractivity contribution in [3.63, 3.8) is 0 Å². The number of Topliss-reactive ketones (excluding diaryl/α,β-unsaturated/α-hetero) is 1. The second kappa shape index (κ2) is 22.1. The highest BCUT2D eigenvalue weighted by molar-refractivity contribution is 7.54. The first kappa shape index (κ1) is 44.4. The lowest BCUT2D eigenvalue weighted by atomic mass is 9.86. The molecule has 2 saturated carbocycles. The topological polar surface area (TPSA) is 158 Å². The largest absolute Gasteiger partial charge is 0.466 e. The highest BCUT2D eigenvalue weighted by Crippen LogP contribution is 2.48. The minimum absolute atomic E-state index is 0.0178. The molecule has 2 fully saturated rings. The zero-order valence-corrected chi connectivity index (χ0v) is 31.2. The fourth-order valence-corrected chi connectivity index (χ4v) is 6.04. The maximum Gasteiger partial charge on any atom is 0.341 e. The van der Waals surface area contributed by atoms with Crippen LogP contribution in [-0.2, 0) is 56.5 Å². The van der Waals surface area contributed by atoms with E-state index in [9.17, 15) is 28.5 Å². The first-order chi connectivity index (χ1) is 21.8. The van der Waals surface area contributed by atoms with Gasteiger partial charge >= 0.3 is 31.5 Å². The average Bonchev–Trinajstić information content (AvgIpc) is 2.93. The summed E-state index contributed by atoms with van der Waals surface area (Å²) in [5.74, 6) is -0.882. The number of carbonyl (C=O) groups excluding carboxylic acids is 5. The van der Waals surface area contributed by atoms with E-state index in [0.29, 0.717) is 38.9 Å². The third-order valence-electron chi connectivity index (χ3n) is 6.53. The Hall–Kier alpha value is -2.56. The van der Waals surface area contributed by atoms with Crippen LogP contribution >= 0.6 is 7.60 Å². The van der Waals surface area contributed by atoms with Gasteiger partial charge in [0.15, 0.2) is 0 Å². The fraction of sp³-hybridized carbons (Fsp3) is 0.794. The Morgan fingerprint density at radius 2 is 1.09 bits per heavy atom. The van der Waals surface area contributed by atoms with Crippen molar-refractivity contribution in [3.8, 4) is 0 Å². The number of ketones is 1. The molecule has 0 atom stereocenters. The molecule has 0 unspecified atom stereocenters. The summed E-state index contributed by atoms with van der Waals surface area (Å²) in [5.41, 5.74) is 0.00572. The van der Waals surface area contributed by atoms with Gasteiger partial charge in [-0.1, -0.05) is 5.57 Å². The van der Waals surface area contributed by atoms with Gasteiger partial charge in [-0.05, 0) is 108 Å². The molecule has 47 heavy (non-hydrogen) atoms. The average molecular weight is 691 g/mol. The summed E-state index contributed by atoms with van der Waals surface area (Å²) in [7, 11) is -3.34. The molecule has 272 valence electrons. The number of hydrogen-bond acceptors (Lipinski definition) is 12. The normalized spacial score (nSPS) is 17.2. The van der Waals surface area contributed by atoms with Crippen LogP contribution in [0.2, 0.25) is 0 Å². The summed E-state index contributed by atoms with van der Waals surface area (Å²) in [6.07, 6.45) is 6.73. The second-order valence-electron chi connectivity index (χ2n) is 13.1. The fourth-order valence-electron chi connectivity index (χ4n) is 4.62. The number of hydrogen-bond donors (Lipinski definition) is 0. The van der Waals surface area contributed by atoms with Crippen molar-refractivity contribution in [1.29, 1.82) is 0 Å². The molecular weight excluding hydrogens is 631 g/mol. The van der Waals surface area contributed by atoms with Crippen LogP contribution in [0.5, 0.6) is 0 Å². The first-order valence-corrected chi connectivity index (χ1v) is 18.4. The van der Waals surface area contributed by atoms with Gasteiger partial charge in [0.1, 0.15) is 23.1 Å². The Morgan fingerprint density at radius 1 is 0.681 bits per heavy atom. The third kappa shape index (κ3) is 21.8. The standard InChI is InChI=1S/C15H24O4.C10H21O5P.C9H14O3/c1-5-18-14(17)12-8-6-11(7-9-12)10-13(16)19-15(2,3)4;1-6-13-16(12,14-7-2)8-9(11)15-10(3,4)5;1-2-12-9(11)7-3-5-8(10)6-4-7/h10,12H,5-9H2,1-4H3;6-8H2,1-5H3;7H,2-6H2,1H3. The van der Waals surface area contributed by atoms with Crippen molar-refractivity contribution in [1.82, 2.24) is 0 Å². The number of rotatable bonds is 11. The Morgan fingerprint density at radius 3 is 1.45 bits per heavy atom. The van der Waals surface area contributed by atoms with Crippen LogP contribution in [0, 0.1) is 11.8 Å². The lowest BCUT2D eigenvalue weighted by Gasteiger charge is -2.23. The van der Waals surface area contributed by atoms with Crippen LogP contribution in [0.3, 0.4) is 0 Å². The van der Waals surface area contributed by atoms with Gasteiger partial charge in [-0.25, -0.2) is 4.79 Å². The second-order valence-corrected chi connectivity index (χ2v) is 15.2. The van der Waals surface area contributed by atoms with Crippen LogP contribution in [0.25, 0.3) is 0 Å². The van der Waals surface area contributed by atoms with Crippen molar-refractivity contribution in [3.05, 3.63) is 11.6 Å². The van der Waals surface area contributed by atoms with E-state index in [-0.39, 0.29) is 54.9 Å². The predicted octanol–water partition coefficient (Wildman–Crippen LogP) is 6.91. The van der Waals surface area contributed by atoms with Gasteiger partial charge in [-0.15, -0.1) is 0 Å². The zero-order valence-electron chi connectivity index (χ0n) is 30.3. The van der Waals surface area contributed by atoms with E-state index in [0.717, 1.165) is 31.3 Å². The number of allylic oxidation sites excluding steroid dienone is 1. The molecule has 0 aromatic carbocycles. The Kier molecular flexibility index (Phi) is 20.9. The van der Waals surface area contributed by atoms with Gasteiger partial charge in [0.05, 0.1) is 38.3 Å². The number of esters is 4. The molecule has 0 aliphatic heterocycles. The van der Waals surface area contributed by atoms with Crippen molar-refractivity contribution < 1.29 is 56.5 Å². The highest BCUT2D eigenvalue weighted by Gasteiger charge is 2.31. The summed E-state index contributed by atoms with van der Waals surface area (Å²) in [6.45, 7) is 19.1. The molecule has 12 nitrogen and oxygen atoms in total. The molecule has 0 saturated heterocycles. The van der Waals surface area contributed by atoms with Crippen LogP contribution in [-0.4, -0.2) is 73.5 Å². The molecule has 0 heterocycles. The van der Waals surface area contributed by atoms with Gasteiger partial charge in [0, 0.05) is 18.9 Å². The highest BCUT2D eigenvalue weighted by atomic mass is 31.2. The number of ether oxygens (including phenoxy) is 4. The van der Waals surface area contributed by atoms with Crippen molar-refractivity contribution in [2.75, 3.05) is 32.6 Å². The molecular formula is C34H59O12P. The van der Waals surface area contributed by atoms with Gasteiger partial charge in [0.2, 0.25) is 0 Å². The van der Waals surface area contributed by atoms with Crippen LogP contribution in [0.1, 0.15) is 121 Å². The summed E-state index contributed by atoms with van der Waals surface area (Å²) < 4.78 is 42.1. The van der Waals surface area contributed by atoms with E-state index >= 15 is 0 Å². The lowest BCUT2D eigenvalue weighted by Crippen LogP contribution is -2.26. The third-order valence-corrected chi connectivity index (χ3v) is 8.48. The minimum atomic E-state index is -3.34. The summed E-state index contributed by atoms with van der Waals surface area (Å²) in [5, 5.41) is 0. The molecule has 0 aromatic rings. The van der Waals surface area contributed by atoms with Crippen LogP contribution in [0.15, 0.2) is 11.6 Å². The van der Waals surface area contributed by atoms with Crippen LogP contribution < -0.4 is 0 Å². The molecule has 2 aliphatic rings. The van der Waals surface area contributed by atoms with E-state index < -0.39 is 24.8 Å². The quantitative estimate of drug-likeness (QED) is 0.0956. The minimum Gasteiger partial charge on any atom is -0.466 e.